The van der Waals surface area contributed by atoms with Crippen molar-refractivity contribution in [2.45, 2.75) is 25.3 Å². The normalized spacial score (nSPS) is 10.6. The fourth-order valence-electron chi connectivity index (χ4n) is 1.95. The van der Waals surface area contributed by atoms with Crippen LogP contribution in [0.5, 0.6) is 11.6 Å². The lowest BCUT2D eigenvalue weighted by Crippen LogP contribution is -2.12. The van der Waals surface area contributed by atoms with Gasteiger partial charge in [-0.25, -0.2) is 4.98 Å². The second kappa shape index (κ2) is 7.31. The Kier molecular flexibility index (Phi) is 5.44. The zero-order valence-electron chi connectivity index (χ0n) is 12.1. The Morgan fingerprint density at radius 2 is 2.05 bits per heavy atom. The molecule has 1 aromatic carbocycles. The Morgan fingerprint density at radius 1 is 1.25 bits per heavy atom. The number of nitrogens with one attached hydrogen (secondary N) is 1. The zero-order chi connectivity index (χ0) is 14.4. The fraction of sp³-hybridized carbons (Fsp3) is 0.312. The molecule has 1 aromatic heterocycles. The summed E-state index contributed by atoms with van der Waals surface area (Å²) in [6.45, 7) is 5.87. The second-order valence-corrected chi connectivity index (χ2v) is 5.34. The summed E-state index contributed by atoms with van der Waals surface area (Å²) < 4.78 is 5.94. The molecule has 0 atom stereocenters. The zero-order valence-corrected chi connectivity index (χ0v) is 13.0. The number of aromatic nitrogens is 1. The van der Waals surface area contributed by atoms with Gasteiger partial charge in [-0.2, -0.15) is 0 Å². The summed E-state index contributed by atoms with van der Waals surface area (Å²) >= 11 is 1.67. The van der Waals surface area contributed by atoms with Gasteiger partial charge >= 0.3 is 0 Å². The quantitative estimate of drug-likeness (QED) is 0.814. The Bertz CT molecular complexity index is 572. The highest BCUT2D eigenvalue weighted by Gasteiger charge is 2.06. The smallest absolute Gasteiger partial charge is 0.219 e. The number of hydrogen-bond donors (Lipinski definition) is 1. The number of para-hydroxylation sites is 1. The molecule has 2 rings (SSSR count). The SMILES string of the molecule is CCNCc1cc(C)nc(Oc2ccccc2SC)c1. The molecule has 3 nitrogen and oxygen atoms in total. The monoisotopic (exact) mass is 288 g/mol. The van der Waals surface area contributed by atoms with Crippen LogP contribution in [0, 0.1) is 6.92 Å². The van der Waals surface area contributed by atoms with Crippen LogP contribution in [0.4, 0.5) is 0 Å². The highest BCUT2D eigenvalue weighted by molar-refractivity contribution is 7.98. The van der Waals surface area contributed by atoms with Gasteiger partial charge in [0.1, 0.15) is 5.75 Å². The molecule has 106 valence electrons. The van der Waals surface area contributed by atoms with Gasteiger partial charge < -0.3 is 10.1 Å². The van der Waals surface area contributed by atoms with Crippen LogP contribution >= 0.6 is 11.8 Å². The number of rotatable bonds is 6. The van der Waals surface area contributed by atoms with Gasteiger partial charge in [0.15, 0.2) is 0 Å². The molecule has 0 bridgehead atoms. The molecule has 1 heterocycles. The lowest BCUT2D eigenvalue weighted by Gasteiger charge is -2.11. The van der Waals surface area contributed by atoms with Crippen molar-refractivity contribution in [3.05, 3.63) is 47.7 Å². The number of aryl methyl sites for hydroxylation is 1. The summed E-state index contributed by atoms with van der Waals surface area (Å²) in [5.41, 5.74) is 2.16. The van der Waals surface area contributed by atoms with Crippen molar-refractivity contribution in [1.29, 1.82) is 0 Å². The van der Waals surface area contributed by atoms with E-state index in [1.165, 1.54) is 5.56 Å². The van der Waals surface area contributed by atoms with E-state index in [2.05, 4.69) is 29.4 Å². The maximum absolute atomic E-state index is 5.94. The maximum Gasteiger partial charge on any atom is 0.219 e. The van der Waals surface area contributed by atoms with Crippen LogP contribution in [-0.2, 0) is 6.54 Å². The van der Waals surface area contributed by atoms with Crippen LogP contribution in [0.3, 0.4) is 0 Å². The van der Waals surface area contributed by atoms with Gasteiger partial charge in [-0.05, 0) is 43.5 Å². The number of hydrogen-bond acceptors (Lipinski definition) is 4. The third-order valence-electron chi connectivity index (χ3n) is 2.85. The number of benzene rings is 1. The van der Waals surface area contributed by atoms with Crippen LogP contribution in [-0.4, -0.2) is 17.8 Å². The van der Waals surface area contributed by atoms with E-state index in [9.17, 15) is 0 Å². The van der Waals surface area contributed by atoms with E-state index in [-0.39, 0.29) is 0 Å². The van der Waals surface area contributed by atoms with E-state index in [1.807, 2.05) is 37.4 Å². The topological polar surface area (TPSA) is 34.2 Å². The fourth-order valence-corrected chi connectivity index (χ4v) is 2.47. The minimum Gasteiger partial charge on any atom is -0.438 e. The van der Waals surface area contributed by atoms with E-state index in [4.69, 9.17) is 4.74 Å². The minimum atomic E-state index is 0.652. The van der Waals surface area contributed by atoms with E-state index in [0.717, 1.165) is 29.4 Å². The first-order chi connectivity index (χ1) is 9.72. The Balaban J connectivity index is 2.22. The summed E-state index contributed by atoms with van der Waals surface area (Å²) in [6.07, 6.45) is 2.04. The summed E-state index contributed by atoms with van der Waals surface area (Å²) in [5.74, 6) is 1.51. The first-order valence-electron chi connectivity index (χ1n) is 6.72. The molecule has 0 aliphatic carbocycles. The van der Waals surface area contributed by atoms with E-state index < -0.39 is 0 Å². The molecule has 0 spiro atoms. The van der Waals surface area contributed by atoms with Crippen molar-refractivity contribution < 1.29 is 4.74 Å². The summed E-state index contributed by atoms with van der Waals surface area (Å²) in [5, 5.41) is 3.32. The molecular weight excluding hydrogens is 268 g/mol. The molecule has 0 amide bonds. The van der Waals surface area contributed by atoms with Crippen LogP contribution in [0.1, 0.15) is 18.2 Å². The van der Waals surface area contributed by atoms with Crippen LogP contribution in [0.2, 0.25) is 0 Å². The summed E-state index contributed by atoms with van der Waals surface area (Å²) in [6, 6.07) is 12.1. The Morgan fingerprint density at radius 3 is 2.80 bits per heavy atom. The largest absolute Gasteiger partial charge is 0.438 e. The molecule has 0 aliphatic heterocycles. The average Bonchev–Trinajstić information content (AvgIpc) is 2.45. The van der Waals surface area contributed by atoms with E-state index in [1.54, 1.807) is 11.8 Å². The van der Waals surface area contributed by atoms with Crippen molar-refractivity contribution >= 4 is 11.8 Å². The van der Waals surface area contributed by atoms with Gasteiger partial charge in [0.2, 0.25) is 5.88 Å². The average molecular weight is 288 g/mol. The molecule has 0 radical (unpaired) electrons. The predicted octanol–water partition coefficient (Wildman–Crippen LogP) is 4.01. The third kappa shape index (κ3) is 3.99. The number of nitrogens with zero attached hydrogens (tertiary/aromatic N) is 1. The minimum absolute atomic E-state index is 0.652. The number of pyridine rings is 1. The lowest BCUT2D eigenvalue weighted by atomic mass is 10.2. The molecule has 0 unspecified atom stereocenters. The van der Waals surface area contributed by atoms with Crippen molar-refractivity contribution in [1.82, 2.24) is 10.3 Å². The Labute approximate surface area is 124 Å². The molecule has 20 heavy (non-hydrogen) atoms. The molecular formula is C16H20N2OS. The van der Waals surface area contributed by atoms with E-state index in [0.29, 0.717) is 5.88 Å². The molecule has 0 fully saturated rings. The molecule has 0 saturated heterocycles. The van der Waals surface area contributed by atoms with Gasteiger partial charge in [0.05, 0.1) is 0 Å². The highest BCUT2D eigenvalue weighted by Crippen LogP contribution is 2.30. The predicted molar refractivity (Wildman–Crippen MR) is 84.7 cm³/mol. The van der Waals surface area contributed by atoms with Crippen molar-refractivity contribution in [3.8, 4) is 11.6 Å². The molecule has 2 aromatic rings. The van der Waals surface area contributed by atoms with Gasteiger partial charge in [-0.15, -0.1) is 11.8 Å². The third-order valence-corrected chi connectivity index (χ3v) is 3.63. The number of ether oxygens (including phenoxy) is 1. The van der Waals surface area contributed by atoms with Gasteiger partial charge in [0.25, 0.3) is 0 Å². The Hall–Kier alpha value is -1.52. The first-order valence-corrected chi connectivity index (χ1v) is 7.94. The van der Waals surface area contributed by atoms with Crippen molar-refractivity contribution in [2.24, 2.45) is 0 Å². The molecule has 1 N–H and O–H groups in total. The van der Waals surface area contributed by atoms with Crippen LogP contribution in [0.15, 0.2) is 41.3 Å². The van der Waals surface area contributed by atoms with Crippen molar-refractivity contribution in [3.63, 3.8) is 0 Å². The molecule has 0 aliphatic rings. The maximum atomic E-state index is 5.94. The van der Waals surface area contributed by atoms with Crippen molar-refractivity contribution in [2.75, 3.05) is 12.8 Å². The number of thioether (sulfide) groups is 1. The molecule has 4 heteroatoms. The van der Waals surface area contributed by atoms with Gasteiger partial charge in [-0.3, -0.25) is 0 Å². The molecule has 0 saturated carbocycles. The van der Waals surface area contributed by atoms with Gasteiger partial charge in [-0.1, -0.05) is 19.1 Å². The standard InChI is InChI=1S/C16H20N2OS/c1-4-17-11-13-9-12(2)18-16(10-13)19-14-7-5-6-8-15(14)20-3/h5-10,17H,4,11H2,1-3H3. The van der Waals surface area contributed by atoms with Gasteiger partial charge in [0, 0.05) is 23.2 Å². The lowest BCUT2D eigenvalue weighted by molar-refractivity contribution is 0.450. The van der Waals surface area contributed by atoms with E-state index >= 15 is 0 Å². The first kappa shape index (κ1) is 14.9. The second-order valence-electron chi connectivity index (χ2n) is 4.49. The van der Waals surface area contributed by atoms with Crippen LogP contribution in [0.25, 0.3) is 0 Å². The summed E-state index contributed by atoms with van der Waals surface area (Å²) in [7, 11) is 0. The summed E-state index contributed by atoms with van der Waals surface area (Å²) in [4.78, 5) is 5.57. The van der Waals surface area contributed by atoms with Crippen LogP contribution < -0.4 is 10.1 Å². The highest BCUT2D eigenvalue weighted by atomic mass is 32.2.